The van der Waals surface area contributed by atoms with E-state index in [1.54, 1.807) is 6.07 Å². The summed E-state index contributed by atoms with van der Waals surface area (Å²) in [4.78, 5) is 22.5. The zero-order chi connectivity index (χ0) is 14.0. The van der Waals surface area contributed by atoms with E-state index in [4.69, 9.17) is 0 Å². The van der Waals surface area contributed by atoms with Crippen molar-refractivity contribution in [3.05, 3.63) is 29.3 Å². The quantitative estimate of drug-likeness (QED) is 0.851. The third-order valence-corrected chi connectivity index (χ3v) is 3.05. The summed E-state index contributed by atoms with van der Waals surface area (Å²) in [5, 5.41) is 2.67. The smallest absolute Gasteiger partial charge is 0.387 e. The first-order chi connectivity index (χ1) is 8.97. The summed E-state index contributed by atoms with van der Waals surface area (Å²) >= 11 is 0. The van der Waals surface area contributed by atoms with Crippen molar-refractivity contribution in [3.8, 4) is 5.75 Å². The number of alkyl halides is 2. The van der Waals surface area contributed by atoms with Crippen LogP contribution in [0, 0.1) is 0 Å². The van der Waals surface area contributed by atoms with Crippen molar-refractivity contribution in [1.29, 1.82) is 0 Å². The Morgan fingerprint density at radius 1 is 1.47 bits per heavy atom. The molecule has 1 atom stereocenters. The van der Waals surface area contributed by atoms with Crippen LogP contribution < -0.4 is 10.1 Å². The van der Waals surface area contributed by atoms with Gasteiger partial charge in [-0.2, -0.15) is 8.78 Å². The molecule has 2 rings (SSSR count). The number of benzene rings is 1. The Bertz CT molecular complexity index is 517. The fraction of sp³-hybridized carbons (Fsp3) is 0.385. The molecule has 1 heterocycles. The van der Waals surface area contributed by atoms with Gasteiger partial charge >= 0.3 is 6.61 Å². The van der Waals surface area contributed by atoms with Crippen LogP contribution in [0.5, 0.6) is 5.75 Å². The number of Topliss-reactive ketones (excluding diaryl/α,β-unsaturated/α-hetero) is 1. The van der Waals surface area contributed by atoms with Gasteiger partial charge in [-0.15, -0.1) is 0 Å². The molecule has 1 aromatic rings. The summed E-state index contributed by atoms with van der Waals surface area (Å²) in [5.74, 6) is -0.632. The number of hydrogen-bond donors (Lipinski definition) is 1. The van der Waals surface area contributed by atoms with Crippen LogP contribution in [0.1, 0.15) is 35.2 Å². The highest BCUT2D eigenvalue weighted by Crippen LogP contribution is 2.29. The van der Waals surface area contributed by atoms with Crippen LogP contribution in [0.25, 0.3) is 0 Å². The number of ether oxygens (including phenoxy) is 1. The molecular weight excluding hydrogens is 256 g/mol. The second-order valence-electron chi connectivity index (χ2n) is 4.40. The van der Waals surface area contributed by atoms with Crippen LogP contribution in [0.3, 0.4) is 0 Å². The van der Waals surface area contributed by atoms with Crippen molar-refractivity contribution >= 4 is 11.7 Å². The molecule has 1 amide bonds. The van der Waals surface area contributed by atoms with Gasteiger partial charge in [0.2, 0.25) is 5.91 Å². The van der Waals surface area contributed by atoms with Gasteiger partial charge in [-0.25, -0.2) is 0 Å². The van der Waals surface area contributed by atoms with Crippen molar-refractivity contribution < 1.29 is 23.1 Å². The average Bonchev–Trinajstić information content (AvgIpc) is 2.74. The standard InChI is InChI=1S/C13H13F2NO3/c1-7(17)10-3-2-8(4-11(10)19-13(14)15)9-5-12(18)16-6-9/h2-4,9,13H,5-6H2,1H3,(H,16,18)/t9-/m0/s1. The first-order valence-corrected chi connectivity index (χ1v) is 5.83. The molecule has 0 radical (unpaired) electrons. The van der Waals surface area contributed by atoms with Crippen LogP contribution in [-0.4, -0.2) is 24.8 Å². The molecule has 0 spiro atoms. The van der Waals surface area contributed by atoms with E-state index in [0.717, 1.165) is 0 Å². The maximum Gasteiger partial charge on any atom is 0.387 e. The van der Waals surface area contributed by atoms with Gasteiger partial charge in [0, 0.05) is 18.9 Å². The normalized spacial score (nSPS) is 18.5. The first kappa shape index (κ1) is 13.5. The molecule has 6 heteroatoms. The number of nitrogens with one attached hydrogen (secondary N) is 1. The highest BCUT2D eigenvalue weighted by molar-refractivity contribution is 5.97. The number of hydrogen-bond acceptors (Lipinski definition) is 3. The van der Waals surface area contributed by atoms with Gasteiger partial charge in [-0.05, 0) is 24.6 Å². The van der Waals surface area contributed by atoms with Crippen molar-refractivity contribution in [3.63, 3.8) is 0 Å². The van der Waals surface area contributed by atoms with E-state index in [-0.39, 0.29) is 28.9 Å². The highest BCUT2D eigenvalue weighted by Gasteiger charge is 2.24. The Morgan fingerprint density at radius 2 is 2.21 bits per heavy atom. The Hall–Kier alpha value is -1.98. The van der Waals surface area contributed by atoms with Crippen molar-refractivity contribution in [1.82, 2.24) is 5.32 Å². The van der Waals surface area contributed by atoms with E-state index >= 15 is 0 Å². The molecule has 1 aliphatic rings. The van der Waals surface area contributed by atoms with Gasteiger partial charge in [0.15, 0.2) is 5.78 Å². The van der Waals surface area contributed by atoms with Gasteiger partial charge < -0.3 is 10.1 Å². The van der Waals surface area contributed by atoms with Crippen LogP contribution in [0.4, 0.5) is 8.78 Å². The second-order valence-corrected chi connectivity index (χ2v) is 4.40. The van der Waals surface area contributed by atoms with Crippen LogP contribution >= 0.6 is 0 Å². The minimum Gasteiger partial charge on any atom is -0.434 e. The summed E-state index contributed by atoms with van der Waals surface area (Å²) in [5.41, 5.74) is 0.820. The number of ketones is 1. The zero-order valence-corrected chi connectivity index (χ0v) is 10.3. The third kappa shape index (κ3) is 3.07. The molecule has 1 aromatic carbocycles. The van der Waals surface area contributed by atoms with Gasteiger partial charge in [0.25, 0.3) is 0 Å². The summed E-state index contributed by atoms with van der Waals surface area (Å²) in [7, 11) is 0. The van der Waals surface area contributed by atoms with Crippen molar-refractivity contribution in [2.24, 2.45) is 0 Å². The molecule has 0 saturated carbocycles. The van der Waals surface area contributed by atoms with Crippen LogP contribution in [0.2, 0.25) is 0 Å². The van der Waals surface area contributed by atoms with Crippen molar-refractivity contribution in [2.45, 2.75) is 25.9 Å². The number of halogens is 2. The van der Waals surface area contributed by atoms with E-state index in [1.165, 1.54) is 19.1 Å². The largest absolute Gasteiger partial charge is 0.434 e. The first-order valence-electron chi connectivity index (χ1n) is 5.83. The molecule has 0 aromatic heterocycles. The topological polar surface area (TPSA) is 55.4 Å². The highest BCUT2D eigenvalue weighted by atomic mass is 19.3. The maximum atomic E-state index is 12.3. The summed E-state index contributed by atoms with van der Waals surface area (Å²) < 4.78 is 29.0. The Labute approximate surface area is 108 Å². The van der Waals surface area contributed by atoms with Gasteiger partial charge in [-0.1, -0.05) is 6.07 Å². The molecule has 4 nitrogen and oxygen atoms in total. The predicted octanol–water partition coefficient (Wildman–Crippen LogP) is 2.09. The molecule has 0 bridgehead atoms. The average molecular weight is 269 g/mol. The SMILES string of the molecule is CC(=O)c1ccc([C@@H]2CNC(=O)C2)cc1OC(F)F. The summed E-state index contributed by atoms with van der Waals surface area (Å²) in [6, 6.07) is 4.53. The van der Waals surface area contributed by atoms with E-state index in [2.05, 4.69) is 10.1 Å². The number of amides is 1. The van der Waals surface area contributed by atoms with E-state index in [1.807, 2.05) is 0 Å². The lowest BCUT2D eigenvalue weighted by Gasteiger charge is -2.13. The predicted molar refractivity (Wildman–Crippen MR) is 63.4 cm³/mol. The summed E-state index contributed by atoms with van der Waals surface area (Å²) in [6.45, 7) is -1.24. The monoisotopic (exact) mass is 269 g/mol. The molecule has 1 fully saturated rings. The lowest BCUT2D eigenvalue weighted by atomic mass is 9.96. The molecule has 1 N–H and O–H groups in total. The van der Waals surface area contributed by atoms with Crippen molar-refractivity contribution in [2.75, 3.05) is 6.54 Å². The second kappa shape index (κ2) is 5.34. The van der Waals surface area contributed by atoms with Gasteiger partial charge in [-0.3, -0.25) is 9.59 Å². The lowest BCUT2D eigenvalue weighted by Crippen LogP contribution is -2.13. The summed E-state index contributed by atoms with van der Waals surface area (Å²) in [6.07, 6.45) is 0.313. The molecular formula is C13H13F2NO3. The Kier molecular flexibility index (Phi) is 3.78. The van der Waals surface area contributed by atoms with Crippen LogP contribution in [0.15, 0.2) is 18.2 Å². The fourth-order valence-corrected chi connectivity index (χ4v) is 2.12. The molecule has 0 aliphatic carbocycles. The molecule has 0 unspecified atom stereocenters. The molecule has 1 aliphatic heterocycles. The minimum absolute atomic E-state index is 0.0722. The van der Waals surface area contributed by atoms with E-state index < -0.39 is 6.61 Å². The molecule has 19 heavy (non-hydrogen) atoms. The number of carbonyl (C=O) groups excluding carboxylic acids is 2. The molecule has 102 valence electrons. The molecule has 1 saturated heterocycles. The maximum absolute atomic E-state index is 12.3. The van der Waals surface area contributed by atoms with E-state index in [0.29, 0.717) is 18.5 Å². The minimum atomic E-state index is -2.99. The fourth-order valence-electron chi connectivity index (χ4n) is 2.12. The van der Waals surface area contributed by atoms with Gasteiger partial charge in [0.05, 0.1) is 5.56 Å². The Morgan fingerprint density at radius 3 is 2.74 bits per heavy atom. The van der Waals surface area contributed by atoms with Crippen LogP contribution in [-0.2, 0) is 4.79 Å². The lowest BCUT2D eigenvalue weighted by molar-refractivity contribution is -0.119. The number of carbonyl (C=O) groups is 2. The Balaban J connectivity index is 2.32. The number of rotatable bonds is 4. The van der Waals surface area contributed by atoms with Gasteiger partial charge in [0.1, 0.15) is 5.75 Å². The third-order valence-electron chi connectivity index (χ3n) is 3.05. The van der Waals surface area contributed by atoms with E-state index in [9.17, 15) is 18.4 Å². The zero-order valence-electron chi connectivity index (χ0n) is 10.3.